The van der Waals surface area contributed by atoms with Crippen molar-refractivity contribution >= 4 is 43.5 Å². The zero-order valence-electron chi connectivity index (χ0n) is 27.4. The van der Waals surface area contributed by atoms with Crippen molar-refractivity contribution in [3.8, 4) is 56.4 Å². The molecule has 10 aromatic rings. The minimum Gasteiger partial charge on any atom is -0.454 e. The number of hydrogen-bond acceptors (Lipinski definition) is 5. The van der Waals surface area contributed by atoms with Crippen LogP contribution in [0.4, 0.5) is 0 Å². The maximum absolute atomic E-state index is 6.46. The smallest absolute Gasteiger partial charge is 0.166 e. The van der Waals surface area contributed by atoms with E-state index in [-0.39, 0.29) is 0 Å². The number of furan rings is 1. The molecule has 0 fully saturated rings. The van der Waals surface area contributed by atoms with E-state index in [1.54, 1.807) is 6.20 Å². The van der Waals surface area contributed by atoms with Crippen LogP contribution in [-0.4, -0.2) is 19.9 Å². The Labute approximate surface area is 293 Å². The van der Waals surface area contributed by atoms with Crippen molar-refractivity contribution in [1.29, 1.82) is 0 Å². The third kappa shape index (κ3) is 5.11. The van der Waals surface area contributed by atoms with E-state index >= 15 is 0 Å². The number of aromatic nitrogens is 4. The fraction of sp³-hybridized carbons (Fsp3) is 0. The number of nitrogens with zero attached hydrogens (tertiary/aromatic N) is 4. The number of fused-ring (bicyclic) bond motifs is 6. The first kappa shape index (κ1) is 29.0. The molecule has 0 saturated carbocycles. The molecule has 51 heavy (non-hydrogen) atoms. The summed E-state index contributed by atoms with van der Waals surface area (Å²) >= 11 is 0. The average molecular weight is 653 g/mol. The normalized spacial score (nSPS) is 11.5. The topological polar surface area (TPSA) is 64.7 Å². The van der Waals surface area contributed by atoms with Crippen molar-refractivity contribution < 1.29 is 4.42 Å². The van der Waals surface area contributed by atoms with Crippen molar-refractivity contribution in [3.05, 3.63) is 170 Å². The van der Waals surface area contributed by atoms with Gasteiger partial charge in [-0.2, -0.15) is 0 Å². The van der Waals surface area contributed by atoms with Gasteiger partial charge in [0.1, 0.15) is 5.58 Å². The van der Waals surface area contributed by atoms with Gasteiger partial charge in [-0.05, 0) is 50.5 Å². The van der Waals surface area contributed by atoms with Crippen molar-refractivity contribution in [1.82, 2.24) is 19.9 Å². The molecule has 0 bridgehead atoms. The van der Waals surface area contributed by atoms with Crippen LogP contribution in [0, 0.1) is 0 Å². The van der Waals surface area contributed by atoms with Gasteiger partial charge >= 0.3 is 0 Å². The molecule has 0 saturated heterocycles. The van der Waals surface area contributed by atoms with Crippen LogP contribution >= 0.6 is 0 Å². The van der Waals surface area contributed by atoms with E-state index in [1.165, 1.54) is 11.1 Å². The van der Waals surface area contributed by atoms with Gasteiger partial charge in [0.2, 0.25) is 0 Å². The van der Waals surface area contributed by atoms with Gasteiger partial charge in [-0.1, -0.05) is 146 Å². The molecule has 3 aromatic heterocycles. The Morgan fingerprint density at radius 3 is 1.67 bits per heavy atom. The molecular formula is C46H28N4O. The van der Waals surface area contributed by atoms with Gasteiger partial charge in [-0.3, -0.25) is 4.98 Å². The predicted octanol–water partition coefficient (Wildman–Crippen LogP) is 11.8. The highest BCUT2D eigenvalue weighted by Crippen LogP contribution is 2.39. The van der Waals surface area contributed by atoms with Gasteiger partial charge < -0.3 is 4.42 Å². The Hall–Kier alpha value is -6.98. The van der Waals surface area contributed by atoms with Gasteiger partial charge in [-0.15, -0.1) is 0 Å². The number of pyridine rings is 1. The second-order valence-electron chi connectivity index (χ2n) is 12.7. The highest BCUT2D eigenvalue weighted by Gasteiger charge is 2.19. The zero-order valence-corrected chi connectivity index (χ0v) is 27.4. The Kier molecular flexibility index (Phi) is 6.74. The minimum absolute atomic E-state index is 0.540. The quantitative estimate of drug-likeness (QED) is 0.185. The average Bonchev–Trinajstić information content (AvgIpc) is 3.61. The maximum atomic E-state index is 6.46. The summed E-state index contributed by atoms with van der Waals surface area (Å²) in [5.41, 5.74) is 8.78. The molecule has 0 amide bonds. The lowest BCUT2D eigenvalue weighted by atomic mass is 9.99. The summed E-state index contributed by atoms with van der Waals surface area (Å²) in [6, 6.07) is 54.7. The molecular weight excluding hydrogens is 625 g/mol. The van der Waals surface area contributed by atoms with E-state index in [1.807, 2.05) is 30.5 Å². The highest BCUT2D eigenvalue weighted by atomic mass is 16.3. The van der Waals surface area contributed by atoms with Crippen molar-refractivity contribution in [3.63, 3.8) is 0 Å². The van der Waals surface area contributed by atoms with Crippen molar-refractivity contribution in [2.45, 2.75) is 0 Å². The fourth-order valence-electron chi connectivity index (χ4n) is 7.01. The lowest BCUT2D eigenvalue weighted by molar-refractivity contribution is 0.670. The molecule has 0 aliphatic carbocycles. The monoisotopic (exact) mass is 652 g/mol. The number of rotatable bonds is 5. The third-order valence-corrected chi connectivity index (χ3v) is 9.62. The van der Waals surface area contributed by atoms with Gasteiger partial charge in [0.25, 0.3) is 0 Å². The molecule has 0 spiro atoms. The first-order valence-corrected chi connectivity index (χ1v) is 17.0. The van der Waals surface area contributed by atoms with Crippen LogP contribution in [0.25, 0.3) is 99.9 Å². The maximum Gasteiger partial charge on any atom is 0.166 e. The molecule has 7 aromatic carbocycles. The van der Waals surface area contributed by atoms with E-state index in [2.05, 4.69) is 138 Å². The molecule has 238 valence electrons. The van der Waals surface area contributed by atoms with Crippen LogP contribution in [0.5, 0.6) is 0 Å². The largest absolute Gasteiger partial charge is 0.454 e. The van der Waals surface area contributed by atoms with E-state index in [4.69, 9.17) is 19.4 Å². The third-order valence-electron chi connectivity index (χ3n) is 9.62. The summed E-state index contributed by atoms with van der Waals surface area (Å²) in [7, 11) is 0. The summed E-state index contributed by atoms with van der Waals surface area (Å²) in [4.78, 5) is 19.8. The summed E-state index contributed by atoms with van der Waals surface area (Å²) in [6.45, 7) is 0. The van der Waals surface area contributed by atoms with Crippen LogP contribution in [-0.2, 0) is 0 Å². The Balaban J connectivity index is 1.11. The second kappa shape index (κ2) is 11.9. The lowest BCUT2D eigenvalue weighted by Crippen LogP contribution is -2.01. The van der Waals surface area contributed by atoms with Gasteiger partial charge in [0.15, 0.2) is 23.1 Å². The van der Waals surface area contributed by atoms with Gasteiger partial charge in [0, 0.05) is 39.0 Å². The minimum atomic E-state index is 0.540. The van der Waals surface area contributed by atoms with E-state index in [9.17, 15) is 0 Å². The highest BCUT2D eigenvalue weighted by molar-refractivity contribution is 6.18. The number of hydrogen-bond donors (Lipinski definition) is 0. The predicted molar refractivity (Wildman–Crippen MR) is 207 cm³/mol. The van der Waals surface area contributed by atoms with Crippen molar-refractivity contribution in [2.24, 2.45) is 0 Å². The zero-order chi connectivity index (χ0) is 33.7. The van der Waals surface area contributed by atoms with Crippen LogP contribution in [0.3, 0.4) is 0 Å². The summed E-state index contributed by atoms with van der Waals surface area (Å²) in [5, 5.41) is 6.39. The van der Waals surface area contributed by atoms with Crippen LogP contribution < -0.4 is 0 Å². The molecule has 10 rings (SSSR count). The van der Waals surface area contributed by atoms with Crippen LogP contribution in [0.2, 0.25) is 0 Å². The van der Waals surface area contributed by atoms with Crippen molar-refractivity contribution in [2.75, 3.05) is 0 Å². The molecule has 0 atom stereocenters. The molecule has 5 heteroatoms. The molecule has 0 aliphatic rings. The van der Waals surface area contributed by atoms with Gasteiger partial charge in [0.05, 0.1) is 6.20 Å². The van der Waals surface area contributed by atoms with E-state index in [0.29, 0.717) is 23.1 Å². The molecule has 5 nitrogen and oxygen atoms in total. The molecule has 0 radical (unpaired) electrons. The second-order valence-corrected chi connectivity index (χ2v) is 12.7. The summed E-state index contributed by atoms with van der Waals surface area (Å²) < 4.78 is 6.46. The first-order valence-electron chi connectivity index (χ1n) is 17.0. The first-order chi connectivity index (χ1) is 25.2. The van der Waals surface area contributed by atoms with E-state index in [0.717, 1.165) is 65.7 Å². The molecule has 0 unspecified atom stereocenters. The fourth-order valence-corrected chi connectivity index (χ4v) is 7.01. The lowest BCUT2D eigenvalue weighted by Gasteiger charge is -2.10. The summed E-state index contributed by atoms with van der Waals surface area (Å²) in [6.07, 6.45) is 3.60. The standard InChI is InChI=1S/C46H28N4O/c1-2-8-29(9-3-1)31-14-16-32(17-15-31)33-18-21-35(22-19-33)44-48-45(37-23-20-30-10-4-5-12-36(30)26-37)50-46(49-44)40-27-47-28-41-42(40)39-25-24-34-11-6-7-13-38(34)43(39)51-41/h1-28H. The SMILES string of the molecule is c1ccc(-c2ccc(-c3ccc(-c4nc(-c5ccc6ccccc6c5)nc(-c5cncc6oc7c8ccccc8ccc7c56)n4)cc3)cc2)cc1. The van der Waals surface area contributed by atoms with Crippen LogP contribution in [0.15, 0.2) is 175 Å². The Morgan fingerprint density at radius 2 is 0.922 bits per heavy atom. The number of benzene rings is 7. The summed E-state index contributed by atoms with van der Waals surface area (Å²) in [5.74, 6) is 1.72. The molecule has 0 aliphatic heterocycles. The van der Waals surface area contributed by atoms with Crippen LogP contribution in [0.1, 0.15) is 0 Å². The van der Waals surface area contributed by atoms with Gasteiger partial charge in [-0.25, -0.2) is 15.0 Å². The Bertz CT molecular complexity index is 2900. The molecule has 0 N–H and O–H groups in total. The molecule has 3 heterocycles. The van der Waals surface area contributed by atoms with E-state index < -0.39 is 0 Å². The Morgan fingerprint density at radius 1 is 0.373 bits per heavy atom.